The topological polar surface area (TPSA) is 18.5 Å². The van der Waals surface area contributed by atoms with Gasteiger partial charge in [0.1, 0.15) is 0 Å². The molecule has 0 N–H and O–H groups in total. The number of rotatable bonds is 5. The molecule has 0 bridgehead atoms. The van der Waals surface area contributed by atoms with Crippen molar-refractivity contribution in [3.05, 3.63) is 58.1 Å². The fraction of sp³-hybridized carbons (Fsp3) is 0.250. The third-order valence-electron chi connectivity index (χ3n) is 3.07. The fourth-order valence-corrected chi connectivity index (χ4v) is 2.76. The average Bonchev–Trinajstić information content (AvgIpc) is 2.47. The zero-order valence-corrected chi connectivity index (χ0v) is 13.7. The lowest BCUT2D eigenvalue weighted by molar-refractivity contribution is 0.354. The molecule has 0 aliphatic carbocycles. The highest BCUT2D eigenvalue weighted by Crippen LogP contribution is 2.32. The van der Waals surface area contributed by atoms with Gasteiger partial charge in [-0.3, -0.25) is 0 Å². The van der Waals surface area contributed by atoms with E-state index in [1.165, 1.54) is 0 Å². The molecule has 0 heterocycles. The predicted molar refractivity (Wildman–Crippen MR) is 86.0 cm³/mol. The van der Waals surface area contributed by atoms with Crippen molar-refractivity contribution in [3.8, 4) is 11.5 Å². The molecule has 0 saturated carbocycles. The molecule has 1 unspecified atom stereocenters. The van der Waals surface area contributed by atoms with Gasteiger partial charge in [0.25, 0.3) is 0 Å². The van der Waals surface area contributed by atoms with Gasteiger partial charge in [-0.1, -0.05) is 34.1 Å². The van der Waals surface area contributed by atoms with Gasteiger partial charge in [0, 0.05) is 4.47 Å². The second-order valence-electron chi connectivity index (χ2n) is 4.42. The molecule has 0 aliphatic rings. The highest BCUT2D eigenvalue weighted by atomic mass is 79.9. The molecule has 0 amide bonds. The first-order chi connectivity index (χ1) is 9.63. The third kappa shape index (κ3) is 3.68. The molecule has 0 radical (unpaired) electrons. The van der Waals surface area contributed by atoms with Crippen LogP contribution in [0.25, 0.3) is 0 Å². The van der Waals surface area contributed by atoms with Crippen LogP contribution in [0.4, 0.5) is 0 Å². The van der Waals surface area contributed by atoms with Gasteiger partial charge in [-0.25, -0.2) is 0 Å². The molecule has 0 saturated heterocycles. The molecular weight excluding hydrogens is 340 g/mol. The Labute approximate surface area is 132 Å². The van der Waals surface area contributed by atoms with Crippen LogP contribution in [0.15, 0.2) is 46.9 Å². The molecule has 0 aliphatic heterocycles. The summed E-state index contributed by atoms with van der Waals surface area (Å²) in [5, 5.41) is -0.0781. The Hall–Kier alpha value is -1.19. The molecule has 1 atom stereocenters. The summed E-state index contributed by atoms with van der Waals surface area (Å²) in [7, 11) is 3.26. The standard InChI is InChI=1S/C16H16BrClO2/c1-19-15-7-6-11(9-16(15)20-2)8-14(18)12-4-3-5-13(17)10-12/h3-7,9-10,14H,8H2,1-2H3. The van der Waals surface area contributed by atoms with Crippen molar-refractivity contribution in [1.82, 2.24) is 0 Å². The molecule has 106 valence electrons. The van der Waals surface area contributed by atoms with E-state index < -0.39 is 0 Å². The molecular formula is C16H16BrClO2. The smallest absolute Gasteiger partial charge is 0.160 e. The van der Waals surface area contributed by atoms with E-state index in [0.29, 0.717) is 0 Å². The Kier molecular flexibility index (Phi) is 5.32. The second kappa shape index (κ2) is 7.00. The van der Waals surface area contributed by atoms with Crippen LogP contribution >= 0.6 is 27.5 Å². The van der Waals surface area contributed by atoms with E-state index in [0.717, 1.165) is 33.5 Å². The highest BCUT2D eigenvalue weighted by Gasteiger charge is 2.11. The first-order valence-electron chi connectivity index (χ1n) is 6.24. The second-order valence-corrected chi connectivity index (χ2v) is 5.86. The molecule has 2 rings (SSSR count). The van der Waals surface area contributed by atoms with E-state index in [4.69, 9.17) is 21.1 Å². The zero-order chi connectivity index (χ0) is 14.5. The van der Waals surface area contributed by atoms with E-state index in [9.17, 15) is 0 Å². The summed E-state index contributed by atoms with van der Waals surface area (Å²) in [6.45, 7) is 0. The first kappa shape index (κ1) is 15.2. The lowest BCUT2D eigenvalue weighted by Gasteiger charge is -2.13. The van der Waals surface area contributed by atoms with Crippen LogP contribution in [-0.4, -0.2) is 14.2 Å². The average molecular weight is 356 g/mol. The summed E-state index contributed by atoms with van der Waals surface area (Å²) < 4.78 is 11.6. The van der Waals surface area contributed by atoms with E-state index in [-0.39, 0.29) is 5.38 Å². The number of halogens is 2. The van der Waals surface area contributed by atoms with Crippen LogP contribution in [0.3, 0.4) is 0 Å². The van der Waals surface area contributed by atoms with Gasteiger partial charge in [-0.2, -0.15) is 0 Å². The van der Waals surface area contributed by atoms with Gasteiger partial charge in [0.15, 0.2) is 11.5 Å². The van der Waals surface area contributed by atoms with E-state index >= 15 is 0 Å². The summed E-state index contributed by atoms with van der Waals surface area (Å²) >= 11 is 9.95. The molecule has 2 aromatic rings. The molecule has 20 heavy (non-hydrogen) atoms. The number of benzene rings is 2. The van der Waals surface area contributed by atoms with Gasteiger partial charge in [-0.05, 0) is 41.8 Å². The summed E-state index contributed by atoms with van der Waals surface area (Å²) in [4.78, 5) is 0. The Morgan fingerprint density at radius 1 is 1.05 bits per heavy atom. The molecule has 2 aromatic carbocycles. The maximum Gasteiger partial charge on any atom is 0.160 e. The van der Waals surface area contributed by atoms with E-state index in [1.807, 2.05) is 42.5 Å². The third-order valence-corrected chi connectivity index (χ3v) is 3.97. The molecule has 4 heteroatoms. The summed E-state index contributed by atoms with van der Waals surface area (Å²) in [6, 6.07) is 13.9. The Bertz CT molecular complexity index is 586. The van der Waals surface area contributed by atoms with Gasteiger partial charge < -0.3 is 9.47 Å². The van der Waals surface area contributed by atoms with Crippen LogP contribution in [0.2, 0.25) is 0 Å². The van der Waals surface area contributed by atoms with Gasteiger partial charge in [-0.15, -0.1) is 11.6 Å². The largest absolute Gasteiger partial charge is 0.493 e. The van der Waals surface area contributed by atoms with E-state index in [2.05, 4.69) is 15.9 Å². The number of hydrogen-bond acceptors (Lipinski definition) is 2. The Morgan fingerprint density at radius 2 is 1.80 bits per heavy atom. The Balaban J connectivity index is 2.17. The number of hydrogen-bond donors (Lipinski definition) is 0. The fourth-order valence-electron chi connectivity index (χ4n) is 2.03. The zero-order valence-electron chi connectivity index (χ0n) is 11.4. The summed E-state index contributed by atoms with van der Waals surface area (Å²) in [5.74, 6) is 1.45. The minimum atomic E-state index is -0.0781. The van der Waals surface area contributed by atoms with Crippen LogP contribution in [0.5, 0.6) is 11.5 Å². The lowest BCUT2D eigenvalue weighted by Crippen LogP contribution is -1.98. The normalized spacial score (nSPS) is 12.0. The first-order valence-corrected chi connectivity index (χ1v) is 7.47. The quantitative estimate of drug-likeness (QED) is 0.704. The van der Waals surface area contributed by atoms with Crippen molar-refractivity contribution < 1.29 is 9.47 Å². The number of ether oxygens (including phenoxy) is 2. The molecule has 2 nitrogen and oxygen atoms in total. The lowest BCUT2D eigenvalue weighted by atomic mass is 10.0. The summed E-state index contributed by atoms with van der Waals surface area (Å²) in [6.07, 6.45) is 0.734. The highest BCUT2D eigenvalue weighted by molar-refractivity contribution is 9.10. The SMILES string of the molecule is COc1ccc(CC(Cl)c2cccc(Br)c2)cc1OC. The number of alkyl halides is 1. The van der Waals surface area contributed by atoms with Crippen molar-refractivity contribution in [2.45, 2.75) is 11.8 Å². The summed E-state index contributed by atoms with van der Waals surface area (Å²) in [5.41, 5.74) is 2.21. The van der Waals surface area contributed by atoms with Gasteiger partial charge >= 0.3 is 0 Å². The van der Waals surface area contributed by atoms with Gasteiger partial charge in [0.2, 0.25) is 0 Å². The maximum absolute atomic E-state index is 6.49. The van der Waals surface area contributed by atoms with Crippen molar-refractivity contribution in [1.29, 1.82) is 0 Å². The maximum atomic E-state index is 6.49. The molecule has 0 fully saturated rings. The van der Waals surface area contributed by atoms with Crippen molar-refractivity contribution in [3.63, 3.8) is 0 Å². The minimum Gasteiger partial charge on any atom is -0.493 e. The predicted octanol–water partition coefficient (Wildman–Crippen LogP) is 4.99. The minimum absolute atomic E-state index is 0.0781. The monoisotopic (exact) mass is 354 g/mol. The van der Waals surface area contributed by atoms with Crippen LogP contribution in [-0.2, 0) is 6.42 Å². The van der Waals surface area contributed by atoms with Crippen LogP contribution < -0.4 is 9.47 Å². The van der Waals surface area contributed by atoms with Crippen molar-refractivity contribution in [2.24, 2.45) is 0 Å². The molecule has 0 spiro atoms. The van der Waals surface area contributed by atoms with Crippen LogP contribution in [0, 0.1) is 0 Å². The number of methoxy groups -OCH3 is 2. The van der Waals surface area contributed by atoms with Crippen molar-refractivity contribution in [2.75, 3.05) is 14.2 Å². The molecule has 0 aromatic heterocycles. The van der Waals surface area contributed by atoms with Crippen LogP contribution in [0.1, 0.15) is 16.5 Å². The van der Waals surface area contributed by atoms with E-state index in [1.54, 1.807) is 14.2 Å². The van der Waals surface area contributed by atoms with Gasteiger partial charge in [0.05, 0.1) is 19.6 Å². The Morgan fingerprint density at radius 3 is 2.45 bits per heavy atom. The van der Waals surface area contributed by atoms with Crippen molar-refractivity contribution >= 4 is 27.5 Å².